The first-order valence-electron chi connectivity index (χ1n) is 5.48. The van der Waals surface area contributed by atoms with Crippen molar-refractivity contribution in [1.82, 2.24) is 14.8 Å². The molecule has 2 rings (SSSR count). The number of aromatic carboxylic acids is 1. The second kappa shape index (κ2) is 4.89. The number of hydrogen-bond donors (Lipinski definition) is 2. The lowest BCUT2D eigenvalue weighted by Crippen LogP contribution is -2.14. The quantitative estimate of drug-likeness (QED) is 0.860. The molecular weight excluding hydrogens is 248 g/mol. The van der Waals surface area contributed by atoms with E-state index in [9.17, 15) is 9.59 Å². The Labute approximate surface area is 108 Å². The Balaban J connectivity index is 2.16. The van der Waals surface area contributed by atoms with Crippen molar-refractivity contribution in [2.45, 2.75) is 6.92 Å². The van der Waals surface area contributed by atoms with Gasteiger partial charge in [-0.25, -0.2) is 4.79 Å². The first kappa shape index (κ1) is 12.7. The number of aryl methyl sites for hydroxylation is 2. The molecule has 0 aliphatic carbocycles. The van der Waals surface area contributed by atoms with E-state index in [1.807, 2.05) is 0 Å². The number of nitrogens with zero attached hydrogens (tertiary/aromatic N) is 3. The average Bonchev–Trinajstić information content (AvgIpc) is 2.68. The fraction of sp³-hybridized carbons (Fsp3) is 0.167. The van der Waals surface area contributed by atoms with E-state index in [1.54, 1.807) is 24.9 Å². The number of carboxylic acids is 1. The molecule has 0 unspecified atom stereocenters. The number of pyridine rings is 1. The lowest BCUT2D eigenvalue weighted by Gasteiger charge is -2.03. The number of hydrogen-bond acceptors (Lipinski definition) is 4. The SMILES string of the molecule is Cc1nn(C)cc1NC(=O)c1ccc(C(=O)O)cn1. The van der Waals surface area contributed by atoms with Gasteiger partial charge in [-0.3, -0.25) is 14.5 Å². The molecule has 0 spiro atoms. The van der Waals surface area contributed by atoms with Gasteiger partial charge in [0.05, 0.1) is 16.9 Å². The van der Waals surface area contributed by atoms with Gasteiger partial charge in [-0.05, 0) is 19.1 Å². The Morgan fingerprint density at radius 1 is 1.37 bits per heavy atom. The van der Waals surface area contributed by atoms with Gasteiger partial charge in [0.15, 0.2) is 0 Å². The monoisotopic (exact) mass is 260 g/mol. The lowest BCUT2D eigenvalue weighted by molar-refractivity contribution is 0.0696. The molecule has 2 heterocycles. The molecule has 0 saturated heterocycles. The average molecular weight is 260 g/mol. The Bertz CT molecular complexity index is 631. The first-order chi connectivity index (χ1) is 8.97. The highest BCUT2D eigenvalue weighted by molar-refractivity contribution is 6.03. The van der Waals surface area contributed by atoms with Crippen molar-refractivity contribution in [2.24, 2.45) is 7.05 Å². The van der Waals surface area contributed by atoms with Crippen LogP contribution in [0.15, 0.2) is 24.5 Å². The van der Waals surface area contributed by atoms with Gasteiger partial charge in [0.25, 0.3) is 5.91 Å². The maximum atomic E-state index is 11.9. The lowest BCUT2D eigenvalue weighted by atomic mass is 10.2. The highest BCUT2D eigenvalue weighted by atomic mass is 16.4. The second-order valence-corrected chi connectivity index (χ2v) is 3.99. The third kappa shape index (κ3) is 2.76. The molecule has 0 aliphatic heterocycles. The summed E-state index contributed by atoms with van der Waals surface area (Å²) in [6.07, 6.45) is 2.83. The molecule has 2 N–H and O–H groups in total. The molecule has 0 aromatic carbocycles. The van der Waals surface area contributed by atoms with E-state index in [1.165, 1.54) is 12.1 Å². The van der Waals surface area contributed by atoms with Crippen LogP contribution >= 0.6 is 0 Å². The Morgan fingerprint density at radius 2 is 2.11 bits per heavy atom. The van der Waals surface area contributed by atoms with Gasteiger partial charge in [-0.2, -0.15) is 5.10 Å². The molecule has 0 aliphatic rings. The van der Waals surface area contributed by atoms with Gasteiger partial charge >= 0.3 is 5.97 Å². The van der Waals surface area contributed by atoms with E-state index >= 15 is 0 Å². The van der Waals surface area contributed by atoms with Crippen LogP contribution in [0.1, 0.15) is 26.5 Å². The van der Waals surface area contributed by atoms with Gasteiger partial charge in [0.1, 0.15) is 5.69 Å². The minimum absolute atomic E-state index is 0.0362. The molecule has 2 aromatic rings. The Morgan fingerprint density at radius 3 is 2.58 bits per heavy atom. The third-order valence-electron chi connectivity index (χ3n) is 2.50. The molecular formula is C12H12N4O3. The summed E-state index contributed by atoms with van der Waals surface area (Å²) in [5.74, 6) is -1.49. The minimum atomic E-state index is -1.08. The fourth-order valence-electron chi connectivity index (χ4n) is 1.56. The summed E-state index contributed by atoms with van der Waals surface area (Å²) >= 11 is 0. The van der Waals surface area contributed by atoms with Crippen molar-refractivity contribution < 1.29 is 14.7 Å². The predicted octanol–water partition coefficient (Wildman–Crippen LogP) is 1.07. The second-order valence-electron chi connectivity index (χ2n) is 3.99. The molecule has 7 nitrogen and oxygen atoms in total. The standard InChI is InChI=1S/C12H12N4O3/c1-7-10(6-16(2)15-7)14-11(17)9-4-3-8(5-13-9)12(18)19/h3-6H,1-2H3,(H,14,17)(H,18,19). The molecule has 7 heteroatoms. The summed E-state index contributed by atoms with van der Waals surface area (Å²) < 4.78 is 1.59. The van der Waals surface area contributed by atoms with Crippen LogP contribution in [0, 0.1) is 6.92 Å². The molecule has 0 bridgehead atoms. The largest absolute Gasteiger partial charge is 0.478 e. The number of carbonyl (C=O) groups excluding carboxylic acids is 1. The highest BCUT2D eigenvalue weighted by Crippen LogP contribution is 2.12. The maximum Gasteiger partial charge on any atom is 0.337 e. The van der Waals surface area contributed by atoms with Gasteiger partial charge in [-0.15, -0.1) is 0 Å². The first-order valence-corrected chi connectivity index (χ1v) is 5.48. The van der Waals surface area contributed by atoms with Gasteiger partial charge in [-0.1, -0.05) is 0 Å². The molecule has 0 fully saturated rings. The summed E-state index contributed by atoms with van der Waals surface area (Å²) in [5.41, 5.74) is 1.47. The van der Waals surface area contributed by atoms with Crippen LogP contribution < -0.4 is 5.32 Å². The van der Waals surface area contributed by atoms with E-state index in [0.717, 1.165) is 6.20 Å². The van der Waals surface area contributed by atoms with Crippen molar-refractivity contribution in [3.05, 3.63) is 41.5 Å². The van der Waals surface area contributed by atoms with Crippen LogP contribution in [-0.4, -0.2) is 31.7 Å². The number of amides is 1. The topological polar surface area (TPSA) is 97.1 Å². The molecule has 0 radical (unpaired) electrons. The molecule has 98 valence electrons. The minimum Gasteiger partial charge on any atom is -0.478 e. The van der Waals surface area contributed by atoms with E-state index in [2.05, 4.69) is 15.4 Å². The zero-order valence-electron chi connectivity index (χ0n) is 10.4. The van der Waals surface area contributed by atoms with Crippen molar-refractivity contribution in [1.29, 1.82) is 0 Å². The number of carbonyl (C=O) groups is 2. The Hall–Kier alpha value is -2.70. The number of rotatable bonds is 3. The van der Waals surface area contributed by atoms with Crippen LogP contribution in [0.4, 0.5) is 5.69 Å². The predicted molar refractivity (Wildman–Crippen MR) is 67.1 cm³/mol. The zero-order chi connectivity index (χ0) is 14.0. The van der Waals surface area contributed by atoms with Crippen molar-refractivity contribution in [3.8, 4) is 0 Å². The van der Waals surface area contributed by atoms with Crippen LogP contribution in [0.2, 0.25) is 0 Å². The number of nitrogens with one attached hydrogen (secondary N) is 1. The molecule has 0 atom stereocenters. The number of anilines is 1. The highest BCUT2D eigenvalue weighted by Gasteiger charge is 2.12. The number of carboxylic acid groups (broad SMARTS) is 1. The van der Waals surface area contributed by atoms with Crippen molar-refractivity contribution in [2.75, 3.05) is 5.32 Å². The fourth-order valence-corrected chi connectivity index (χ4v) is 1.56. The normalized spacial score (nSPS) is 10.2. The van der Waals surface area contributed by atoms with Gasteiger partial charge in [0, 0.05) is 19.4 Å². The summed E-state index contributed by atoms with van der Waals surface area (Å²) in [7, 11) is 1.75. The maximum absolute atomic E-state index is 11.9. The van der Waals surface area contributed by atoms with Crippen molar-refractivity contribution >= 4 is 17.6 Å². The van der Waals surface area contributed by atoms with E-state index in [0.29, 0.717) is 11.4 Å². The van der Waals surface area contributed by atoms with E-state index < -0.39 is 11.9 Å². The summed E-state index contributed by atoms with van der Waals surface area (Å²) in [6.45, 7) is 1.77. The van der Waals surface area contributed by atoms with Crippen LogP contribution in [-0.2, 0) is 7.05 Å². The summed E-state index contributed by atoms with van der Waals surface area (Å²) in [4.78, 5) is 26.4. The molecule has 0 saturated carbocycles. The zero-order valence-corrected chi connectivity index (χ0v) is 10.4. The van der Waals surface area contributed by atoms with E-state index in [4.69, 9.17) is 5.11 Å². The van der Waals surface area contributed by atoms with E-state index in [-0.39, 0.29) is 11.3 Å². The Kier molecular flexibility index (Phi) is 3.28. The number of aromatic nitrogens is 3. The van der Waals surface area contributed by atoms with Crippen LogP contribution in [0.5, 0.6) is 0 Å². The van der Waals surface area contributed by atoms with Crippen molar-refractivity contribution in [3.63, 3.8) is 0 Å². The summed E-state index contributed by atoms with van der Waals surface area (Å²) in [5, 5.41) is 15.5. The summed E-state index contributed by atoms with van der Waals surface area (Å²) in [6, 6.07) is 2.70. The molecule has 19 heavy (non-hydrogen) atoms. The smallest absolute Gasteiger partial charge is 0.337 e. The van der Waals surface area contributed by atoms with Crippen LogP contribution in [0.3, 0.4) is 0 Å². The third-order valence-corrected chi connectivity index (χ3v) is 2.50. The van der Waals surface area contributed by atoms with Crippen LogP contribution in [0.25, 0.3) is 0 Å². The van der Waals surface area contributed by atoms with Gasteiger partial charge < -0.3 is 10.4 Å². The molecule has 2 aromatic heterocycles. The molecule has 1 amide bonds. The van der Waals surface area contributed by atoms with Gasteiger partial charge in [0.2, 0.25) is 0 Å².